The number of halogens is 2. The molecular weight excluding hydrogens is 373 g/mol. The Hall–Kier alpha value is -2.37. The molecule has 0 aliphatic heterocycles. The van der Waals surface area contributed by atoms with E-state index < -0.39 is 15.8 Å². The molecule has 3 nitrogen and oxygen atoms in total. The minimum atomic E-state index is -3.91. The van der Waals surface area contributed by atoms with Crippen molar-refractivity contribution in [1.82, 2.24) is 0 Å². The van der Waals surface area contributed by atoms with E-state index in [4.69, 9.17) is 11.6 Å². The molecule has 0 amide bonds. The molecular formula is C20H17ClFNO2S. The van der Waals surface area contributed by atoms with Crippen LogP contribution in [-0.2, 0) is 16.6 Å². The van der Waals surface area contributed by atoms with Crippen LogP contribution in [0.2, 0.25) is 5.02 Å². The summed E-state index contributed by atoms with van der Waals surface area (Å²) in [6.45, 7) is 1.59. The minimum absolute atomic E-state index is 0.135. The molecule has 3 rings (SSSR count). The van der Waals surface area contributed by atoms with Crippen molar-refractivity contribution in [2.24, 2.45) is 0 Å². The molecule has 0 saturated heterocycles. The molecule has 0 unspecified atom stereocenters. The van der Waals surface area contributed by atoms with Gasteiger partial charge >= 0.3 is 0 Å². The highest BCUT2D eigenvalue weighted by Gasteiger charge is 2.27. The van der Waals surface area contributed by atoms with Gasteiger partial charge in [-0.25, -0.2) is 12.8 Å². The Morgan fingerprint density at radius 3 is 2.35 bits per heavy atom. The van der Waals surface area contributed by atoms with E-state index in [1.165, 1.54) is 10.4 Å². The van der Waals surface area contributed by atoms with Crippen LogP contribution in [0.4, 0.5) is 10.1 Å². The molecule has 0 heterocycles. The molecule has 6 heteroatoms. The molecule has 0 aromatic heterocycles. The molecule has 0 atom stereocenters. The lowest BCUT2D eigenvalue weighted by Gasteiger charge is -2.26. The molecule has 134 valence electrons. The lowest BCUT2D eigenvalue weighted by atomic mass is 10.2. The highest BCUT2D eigenvalue weighted by atomic mass is 35.5. The van der Waals surface area contributed by atoms with Crippen molar-refractivity contribution in [3.63, 3.8) is 0 Å². The first-order valence-electron chi connectivity index (χ1n) is 7.97. The average molecular weight is 390 g/mol. The number of rotatable bonds is 5. The van der Waals surface area contributed by atoms with Crippen LogP contribution in [0.3, 0.4) is 0 Å². The summed E-state index contributed by atoms with van der Waals surface area (Å²) in [7, 11) is -3.91. The zero-order chi connectivity index (χ0) is 18.7. The predicted molar refractivity (Wildman–Crippen MR) is 102 cm³/mol. The standard InChI is InChI=1S/C20H17ClFNO2S/c1-15-7-2-5-12-20(15)26(24,25)23(18-10-6-9-17(21)13-18)14-16-8-3-4-11-19(16)22/h2-13H,14H2,1H3. The predicted octanol–water partition coefficient (Wildman–Crippen LogP) is 5.18. The van der Waals surface area contributed by atoms with Crippen LogP contribution in [0.15, 0.2) is 77.7 Å². The monoisotopic (exact) mass is 389 g/mol. The van der Waals surface area contributed by atoms with E-state index in [9.17, 15) is 12.8 Å². The van der Waals surface area contributed by atoms with Crippen LogP contribution in [0, 0.1) is 12.7 Å². The quantitative estimate of drug-likeness (QED) is 0.602. The van der Waals surface area contributed by atoms with Crippen molar-refractivity contribution in [2.45, 2.75) is 18.4 Å². The highest BCUT2D eigenvalue weighted by Crippen LogP contribution is 2.29. The number of sulfonamides is 1. The largest absolute Gasteiger partial charge is 0.264 e. The summed E-state index contributed by atoms with van der Waals surface area (Å²) in [5.74, 6) is -0.459. The van der Waals surface area contributed by atoms with Gasteiger partial charge in [-0.2, -0.15) is 0 Å². The lowest BCUT2D eigenvalue weighted by molar-refractivity contribution is 0.585. The summed E-state index contributed by atoms with van der Waals surface area (Å²) in [5.41, 5.74) is 1.28. The second-order valence-electron chi connectivity index (χ2n) is 5.85. The normalized spacial score (nSPS) is 11.3. The summed E-state index contributed by atoms with van der Waals surface area (Å²) in [4.78, 5) is 0.177. The van der Waals surface area contributed by atoms with Crippen molar-refractivity contribution in [1.29, 1.82) is 0 Å². The van der Waals surface area contributed by atoms with Crippen LogP contribution >= 0.6 is 11.6 Å². The molecule has 3 aromatic carbocycles. The number of hydrogen-bond donors (Lipinski definition) is 0. The van der Waals surface area contributed by atoms with Gasteiger partial charge in [0.25, 0.3) is 10.0 Å². The van der Waals surface area contributed by atoms with Crippen LogP contribution in [0.1, 0.15) is 11.1 Å². The first-order chi connectivity index (χ1) is 12.4. The van der Waals surface area contributed by atoms with E-state index >= 15 is 0 Å². The first-order valence-corrected chi connectivity index (χ1v) is 9.79. The fraction of sp³-hybridized carbons (Fsp3) is 0.100. The van der Waals surface area contributed by atoms with E-state index in [2.05, 4.69) is 0 Å². The molecule has 0 bridgehead atoms. The Labute approximate surface area is 157 Å². The summed E-state index contributed by atoms with van der Waals surface area (Å²) in [6, 6.07) is 19.4. The van der Waals surface area contributed by atoms with Gasteiger partial charge in [-0.1, -0.05) is 54.1 Å². The smallest absolute Gasteiger partial charge is 0.262 e. The summed E-state index contributed by atoms with van der Waals surface area (Å²) < 4.78 is 42.0. The van der Waals surface area contributed by atoms with Gasteiger partial charge in [0.05, 0.1) is 17.1 Å². The maximum atomic E-state index is 14.2. The number of nitrogens with zero attached hydrogens (tertiary/aromatic N) is 1. The molecule has 0 N–H and O–H groups in total. The molecule has 0 aliphatic carbocycles. The second kappa shape index (κ2) is 7.48. The van der Waals surface area contributed by atoms with Gasteiger partial charge in [0.15, 0.2) is 0 Å². The van der Waals surface area contributed by atoms with Gasteiger partial charge in [0, 0.05) is 10.6 Å². The van der Waals surface area contributed by atoms with Crippen LogP contribution in [0.5, 0.6) is 0 Å². The highest BCUT2D eigenvalue weighted by molar-refractivity contribution is 7.92. The third-order valence-corrected chi connectivity index (χ3v) is 6.20. The summed E-state index contributed by atoms with van der Waals surface area (Å²) in [6.07, 6.45) is 0. The maximum absolute atomic E-state index is 14.2. The summed E-state index contributed by atoms with van der Waals surface area (Å²) >= 11 is 6.05. The third kappa shape index (κ3) is 3.74. The van der Waals surface area contributed by atoms with E-state index in [0.717, 1.165) is 0 Å². The Balaban J connectivity index is 2.15. The molecule has 0 saturated carbocycles. The number of aryl methyl sites for hydroxylation is 1. The molecule has 0 radical (unpaired) electrons. The Bertz CT molecular complexity index is 1040. The van der Waals surface area contributed by atoms with Crippen molar-refractivity contribution >= 4 is 27.3 Å². The van der Waals surface area contributed by atoms with E-state index in [1.807, 2.05) is 0 Å². The number of hydrogen-bond acceptors (Lipinski definition) is 2. The Morgan fingerprint density at radius 2 is 1.65 bits per heavy atom. The SMILES string of the molecule is Cc1ccccc1S(=O)(=O)N(Cc1ccccc1F)c1cccc(Cl)c1. The van der Waals surface area contributed by atoms with Gasteiger partial charge in [-0.15, -0.1) is 0 Å². The summed E-state index contributed by atoms with van der Waals surface area (Å²) in [5, 5.41) is 0.404. The Morgan fingerprint density at radius 1 is 0.962 bits per heavy atom. The van der Waals surface area contributed by atoms with Crippen LogP contribution in [0.25, 0.3) is 0 Å². The van der Waals surface area contributed by atoms with Crippen molar-refractivity contribution in [3.05, 3.63) is 94.8 Å². The van der Waals surface area contributed by atoms with Crippen molar-refractivity contribution in [2.75, 3.05) is 4.31 Å². The zero-order valence-electron chi connectivity index (χ0n) is 14.1. The second-order valence-corrected chi connectivity index (χ2v) is 8.12. The van der Waals surface area contributed by atoms with Gasteiger partial charge < -0.3 is 0 Å². The fourth-order valence-corrected chi connectivity index (χ4v) is 4.54. The topological polar surface area (TPSA) is 37.4 Å². The third-order valence-electron chi connectivity index (χ3n) is 4.03. The zero-order valence-corrected chi connectivity index (χ0v) is 15.6. The van der Waals surface area contributed by atoms with Crippen molar-refractivity contribution < 1.29 is 12.8 Å². The molecule has 0 fully saturated rings. The van der Waals surface area contributed by atoms with Gasteiger partial charge in [0.2, 0.25) is 0 Å². The van der Waals surface area contributed by atoms with E-state index in [-0.39, 0.29) is 17.0 Å². The van der Waals surface area contributed by atoms with E-state index in [1.54, 1.807) is 73.7 Å². The van der Waals surface area contributed by atoms with Crippen LogP contribution in [-0.4, -0.2) is 8.42 Å². The molecule has 26 heavy (non-hydrogen) atoms. The van der Waals surface area contributed by atoms with Crippen LogP contribution < -0.4 is 4.31 Å². The molecule has 0 spiro atoms. The Kier molecular flexibility index (Phi) is 5.30. The van der Waals surface area contributed by atoms with Gasteiger partial charge in [-0.05, 0) is 42.8 Å². The van der Waals surface area contributed by atoms with Gasteiger partial charge in [0.1, 0.15) is 5.82 Å². The fourth-order valence-electron chi connectivity index (χ4n) is 2.69. The molecule has 3 aromatic rings. The van der Waals surface area contributed by atoms with Crippen molar-refractivity contribution in [3.8, 4) is 0 Å². The lowest BCUT2D eigenvalue weighted by Crippen LogP contribution is -2.31. The van der Waals surface area contributed by atoms with Gasteiger partial charge in [-0.3, -0.25) is 4.31 Å². The number of anilines is 1. The minimum Gasteiger partial charge on any atom is -0.262 e. The first kappa shape index (κ1) is 18.4. The molecule has 0 aliphatic rings. The maximum Gasteiger partial charge on any atom is 0.264 e. The van der Waals surface area contributed by atoms with E-state index in [0.29, 0.717) is 16.3 Å². The average Bonchev–Trinajstić information content (AvgIpc) is 2.61. The number of benzene rings is 3.